The molecule has 14 heavy (non-hydrogen) atoms. The van der Waals surface area contributed by atoms with Gasteiger partial charge in [0.15, 0.2) is 0 Å². The van der Waals surface area contributed by atoms with Crippen LogP contribution in [0.15, 0.2) is 6.20 Å². The van der Waals surface area contributed by atoms with Crippen LogP contribution in [0, 0.1) is 6.92 Å². The number of carboxylic acids is 1. The highest BCUT2D eigenvalue weighted by Gasteiger charge is 2.23. The van der Waals surface area contributed by atoms with Gasteiger partial charge < -0.3 is 9.67 Å². The van der Waals surface area contributed by atoms with Crippen molar-refractivity contribution in [1.29, 1.82) is 0 Å². The molecule has 2 heterocycles. The van der Waals surface area contributed by atoms with E-state index >= 15 is 0 Å². The molecule has 0 aliphatic carbocycles. The van der Waals surface area contributed by atoms with Crippen molar-refractivity contribution < 1.29 is 9.90 Å². The van der Waals surface area contributed by atoms with Crippen LogP contribution in [0.25, 0.3) is 0 Å². The molecule has 0 saturated heterocycles. The van der Waals surface area contributed by atoms with Crippen molar-refractivity contribution in [2.45, 2.75) is 38.6 Å². The first-order valence-electron chi connectivity index (χ1n) is 4.93. The molecule has 0 fully saturated rings. The smallest absolute Gasteiger partial charge is 0.305 e. The van der Waals surface area contributed by atoms with Crippen LogP contribution in [0.2, 0.25) is 0 Å². The summed E-state index contributed by atoms with van der Waals surface area (Å²) in [5, 5.41) is 8.79. The quantitative estimate of drug-likeness (QED) is 0.777. The van der Waals surface area contributed by atoms with Crippen LogP contribution in [-0.2, 0) is 11.2 Å². The maximum atomic E-state index is 10.7. The minimum absolute atomic E-state index is 0.110. The number of aliphatic carboxylic acids is 1. The molecule has 1 aromatic heterocycles. The molecule has 0 saturated carbocycles. The first-order chi connectivity index (χ1) is 6.68. The van der Waals surface area contributed by atoms with Gasteiger partial charge in [-0.05, 0) is 26.2 Å². The Labute approximate surface area is 82.6 Å². The van der Waals surface area contributed by atoms with Crippen LogP contribution in [0.1, 0.15) is 36.8 Å². The van der Waals surface area contributed by atoms with Crippen LogP contribution in [0.3, 0.4) is 0 Å². The number of hydrogen-bond acceptors (Lipinski definition) is 2. The number of aromatic nitrogens is 2. The molecule has 1 aromatic rings. The van der Waals surface area contributed by atoms with Gasteiger partial charge in [0, 0.05) is 17.9 Å². The van der Waals surface area contributed by atoms with E-state index in [1.54, 1.807) is 0 Å². The van der Waals surface area contributed by atoms with Gasteiger partial charge in [0.1, 0.15) is 5.82 Å². The Morgan fingerprint density at radius 1 is 1.79 bits per heavy atom. The third-order valence-electron chi connectivity index (χ3n) is 2.80. The summed E-state index contributed by atoms with van der Waals surface area (Å²) >= 11 is 0. The van der Waals surface area contributed by atoms with Crippen LogP contribution in [0.4, 0.5) is 0 Å². The molecular formula is C10H14N2O2. The number of hydrogen-bond donors (Lipinski definition) is 1. The summed E-state index contributed by atoms with van der Waals surface area (Å²) in [6.45, 7) is 1.93. The molecule has 1 atom stereocenters. The van der Waals surface area contributed by atoms with Crippen molar-refractivity contribution in [2.24, 2.45) is 0 Å². The molecule has 4 nitrogen and oxygen atoms in total. The lowest BCUT2D eigenvalue weighted by Crippen LogP contribution is -2.21. The van der Waals surface area contributed by atoms with Gasteiger partial charge in [-0.25, -0.2) is 4.98 Å². The van der Waals surface area contributed by atoms with Crippen molar-refractivity contribution in [1.82, 2.24) is 9.55 Å². The standard InChI is InChI=1S/C10H14N2O2/c1-7-11-6-9-4-2-3-8(12(7)9)5-10(13)14/h6,8H,2-5H2,1H3,(H,13,14). The molecule has 1 aliphatic heterocycles. The van der Waals surface area contributed by atoms with Gasteiger partial charge in [-0.2, -0.15) is 0 Å². The number of aryl methyl sites for hydroxylation is 2. The third kappa shape index (κ3) is 1.52. The fraction of sp³-hybridized carbons (Fsp3) is 0.600. The van der Waals surface area contributed by atoms with E-state index in [1.165, 1.54) is 5.69 Å². The summed E-state index contributed by atoms with van der Waals surface area (Å²) in [6, 6.07) is 0.110. The lowest BCUT2D eigenvalue weighted by molar-refractivity contribution is -0.138. The maximum absolute atomic E-state index is 10.7. The van der Waals surface area contributed by atoms with Crippen molar-refractivity contribution in [3.8, 4) is 0 Å². The number of fused-ring (bicyclic) bond motifs is 1. The summed E-state index contributed by atoms with van der Waals surface area (Å²) in [5.74, 6) is 0.210. The highest BCUT2D eigenvalue weighted by Crippen LogP contribution is 2.28. The number of rotatable bonds is 2. The van der Waals surface area contributed by atoms with Crippen LogP contribution < -0.4 is 0 Å². The largest absolute Gasteiger partial charge is 0.481 e. The van der Waals surface area contributed by atoms with Gasteiger partial charge in [-0.15, -0.1) is 0 Å². The highest BCUT2D eigenvalue weighted by atomic mass is 16.4. The molecule has 0 radical (unpaired) electrons. The van der Waals surface area contributed by atoms with E-state index in [0.29, 0.717) is 0 Å². The Balaban J connectivity index is 2.29. The fourth-order valence-corrected chi connectivity index (χ4v) is 2.23. The number of carbonyl (C=O) groups is 1. The Hall–Kier alpha value is -1.32. The molecule has 4 heteroatoms. The zero-order valence-electron chi connectivity index (χ0n) is 8.23. The fourth-order valence-electron chi connectivity index (χ4n) is 2.23. The van der Waals surface area contributed by atoms with E-state index in [-0.39, 0.29) is 12.5 Å². The predicted octanol–water partition coefficient (Wildman–Crippen LogP) is 1.54. The van der Waals surface area contributed by atoms with E-state index in [2.05, 4.69) is 9.55 Å². The lowest BCUT2D eigenvalue weighted by Gasteiger charge is -2.25. The SMILES string of the molecule is Cc1ncc2n1C(CC(=O)O)CCC2. The second kappa shape index (κ2) is 3.44. The first kappa shape index (κ1) is 9.24. The summed E-state index contributed by atoms with van der Waals surface area (Å²) in [6.07, 6.45) is 5.13. The van der Waals surface area contributed by atoms with E-state index in [1.807, 2.05) is 13.1 Å². The average molecular weight is 194 g/mol. The Morgan fingerprint density at radius 2 is 2.57 bits per heavy atom. The first-order valence-corrected chi connectivity index (χ1v) is 4.93. The normalized spacial score (nSPS) is 20.5. The monoisotopic (exact) mass is 194 g/mol. The Morgan fingerprint density at radius 3 is 3.29 bits per heavy atom. The van der Waals surface area contributed by atoms with E-state index in [4.69, 9.17) is 5.11 Å². The maximum Gasteiger partial charge on any atom is 0.305 e. The Kier molecular flexibility index (Phi) is 2.27. The minimum Gasteiger partial charge on any atom is -0.481 e. The summed E-state index contributed by atoms with van der Waals surface area (Å²) in [4.78, 5) is 14.9. The van der Waals surface area contributed by atoms with Crippen molar-refractivity contribution in [3.63, 3.8) is 0 Å². The van der Waals surface area contributed by atoms with E-state index < -0.39 is 5.97 Å². The molecule has 1 unspecified atom stereocenters. The zero-order chi connectivity index (χ0) is 10.1. The predicted molar refractivity (Wildman–Crippen MR) is 51.2 cm³/mol. The van der Waals surface area contributed by atoms with Gasteiger partial charge in [-0.1, -0.05) is 0 Å². The molecule has 1 aliphatic rings. The second-order valence-corrected chi connectivity index (χ2v) is 3.81. The number of nitrogens with zero attached hydrogens (tertiary/aromatic N) is 2. The van der Waals surface area contributed by atoms with Crippen LogP contribution in [0.5, 0.6) is 0 Å². The summed E-state index contributed by atoms with van der Waals surface area (Å²) in [5.41, 5.74) is 1.18. The van der Waals surface area contributed by atoms with E-state index in [9.17, 15) is 4.79 Å². The molecule has 0 aromatic carbocycles. The molecule has 0 spiro atoms. The van der Waals surface area contributed by atoms with Gasteiger partial charge in [0.2, 0.25) is 0 Å². The molecule has 0 amide bonds. The van der Waals surface area contributed by atoms with Gasteiger partial charge >= 0.3 is 5.97 Å². The zero-order valence-corrected chi connectivity index (χ0v) is 8.23. The summed E-state index contributed by atoms with van der Waals surface area (Å²) in [7, 11) is 0. The topological polar surface area (TPSA) is 55.1 Å². The van der Waals surface area contributed by atoms with Gasteiger partial charge in [0.25, 0.3) is 0 Å². The van der Waals surface area contributed by atoms with Gasteiger partial charge in [0.05, 0.1) is 6.42 Å². The number of imidazole rings is 1. The molecule has 2 rings (SSSR count). The molecule has 0 bridgehead atoms. The summed E-state index contributed by atoms with van der Waals surface area (Å²) < 4.78 is 2.08. The molecule has 76 valence electrons. The average Bonchev–Trinajstić information content (AvgIpc) is 2.48. The van der Waals surface area contributed by atoms with Crippen molar-refractivity contribution in [2.75, 3.05) is 0 Å². The third-order valence-corrected chi connectivity index (χ3v) is 2.80. The lowest BCUT2D eigenvalue weighted by atomic mass is 10.0. The molecule has 1 N–H and O–H groups in total. The van der Waals surface area contributed by atoms with E-state index in [0.717, 1.165) is 25.1 Å². The van der Waals surface area contributed by atoms with Crippen LogP contribution >= 0.6 is 0 Å². The Bertz CT molecular complexity index is 357. The second-order valence-electron chi connectivity index (χ2n) is 3.81. The number of carboxylic acid groups (broad SMARTS) is 1. The van der Waals surface area contributed by atoms with Crippen molar-refractivity contribution >= 4 is 5.97 Å². The van der Waals surface area contributed by atoms with Crippen LogP contribution in [-0.4, -0.2) is 20.6 Å². The minimum atomic E-state index is -0.726. The molecular weight excluding hydrogens is 180 g/mol. The van der Waals surface area contributed by atoms with Crippen molar-refractivity contribution in [3.05, 3.63) is 17.7 Å². The van der Waals surface area contributed by atoms with Gasteiger partial charge in [-0.3, -0.25) is 4.79 Å². The highest BCUT2D eigenvalue weighted by molar-refractivity contribution is 5.67.